The largest absolute Gasteiger partial charge is 0.420 e. The molecule has 0 aliphatic carbocycles. The van der Waals surface area contributed by atoms with Gasteiger partial charge in [-0.25, -0.2) is 19.9 Å². The van der Waals surface area contributed by atoms with Crippen LogP contribution in [-0.2, 0) is 6.18 Å². The SMILES string of the molecule is N#Cc1cccc(-c2cc(-n3c4ccc(-c5cccc(-c6ccccc6)n5)cc4c4cc(-c5cccc(-c6ccccc6)n5)ccc43)c(C(F)(F)F)c(-n3c4ccc(-c5cccc(-c6ccccc6)n5)cc4c4cc(-c5cccc(-c6ccccc6)n5)ccc43)c2)c1. The minimum Gasteiger partial charge on any atom is -0.309 e. The zero-order valence-corrected chi connectivity index (χ0v) is 49.1. The van der Waals surface area contributed by atoms with Gasteiger partial charge in [-0.05, 0) is 132 Å². The van der Waals surface area contributed by atoms with Crippen molar-refractivity contribution in [1.29, 1.82) is 5.26 Å². The van der Waals surface area contributed by atoms with Crippen LogP contribution >= 0.6 is 0 Å². The van der Waals surface area contributed by atoms with E-state index in [4.69, 9.17) is 19.9 Å². The van der Waals surface area contributed by atoms with Gasteiger partial charge in [-0.15, -0.1) is 0 Å². The van der Waals surface area contributed by atoms with E-state index in [1.807, 2.05) is 273 Å². The van der Waals surface area contributed by atoms with Crippen LogP contribution in [-0.4, -0.2) is 29.1 Å². The number of alkyl halides is 3. The van der Waals surface area contributed by atoms with E-state index >= 15 is 13.2 Å². The molecule has 16 aromatic rings. The predicted octanol–water partition coefficient (Wildman–Crippen LogP) is 21.4. The second-order valence-electron chi connectivity index (χ2n) is 22.8. The molecule has 16 rings (SSSR count). The van der Waals surface area contributed by atoms with E-state index in [0.29, 0.717) is 83.1 Å². The van der Waals surface area contributed by atoms with Crippen molar-refractivity contribution in [2.45, 2.75) is 6.18 Å². The number of halogens is 3. The average molecular weight is 1190 g/mol. The van der Waals surface area contributed by atoms with Crippen LogP contribution in [0.3, 0.4) is 0 Å². The van der Waals surface area contributed by atoms with Gasteiger partial charge in [-0.3, -0.25) is 0 Å². The molecule has 0 radical (unpaired) electrons. The number of hydrogen-bond acceptors (Lipinski definition) is 5. The lowest BCUT2D eigenvalue weighted by Crippen LogP contribution is -2.16. The summed E-state index contributed by atoms with van der Waals surface area (Å²) in [5, 5.41) is 13.2. The molecule has 92 heavy (non-hydrogen) atoms. The second-order valence-corrected chi connectivity index (χ2v) is 22.8. The third-order valence-corrected chi connectivity index (χ3v) is 17.2. The summed E-state index contributed by atoms with van der Waals surface area (Å²) in [6.45, 7) is 0. The highest BCUT2D eigenvalue weighted by molar-refractivity contribution is 6.14. The molecule has 7 nitrogen and oxygen atoms in total. The van der Waals surface area contributed by atoms with E-state index in [-0.39, 0.29) is 11.4 Å². The summed E-state index contributed by atoms with van der Waals surface area (Å²) in [4.78, 5) is 20.6. The van der Waals surface area contributed by atoms with Crippen LogP contribution in [0, 0.1) is 11.3 Å². The maximum Gasteiger partial charge on any atom is 0.420 e. The molecule has 6 aromatic heterocycles. The third kappa shape index (κ3) is 10.0. The van der Waals surface area contributed by atoms with E-state index < -0.39 is 11.7 Å². The second kappa shape index (κ2) is 22.7. The van der Waals surface area contributed by atoms with Crippen LogP contribution in [0.4, 0.5) is 13.2 Å². The maximum absolute atomic E-state index is 17.5. The first-order valence-electron chi connectivity index (χ1n) is 30.2. The standard InChI is InChI=1S/C82H50F3N7/c83-82(84,85)81-79(91-75-40-36-58(71-32-14-28-67(87-71)53-19-5-1-6-20-53)45-63(75)64-46-59(37-41-76(64)91)72-33-15-29-68(88-72)54-21-7-2-8-22-54)49-62(57-27-13-18-52(44-57)51-86)50-80(81)92-77-42-38-60(73-34-16-30-69(89-73)55-23-9-3-10-24-55)47-65(77)66-48-61(39-43-78(66)92)74-35-17-31-70(90-74)56-25-11-4-12-26-56/h1-50H. The molecular formula is C82H50F3N7. The Kier molecular flexibility index (Phi) is 13.6. The Bertz CT molecular complexity index is 4990. The van der Waals surface area contributed by atoms with Crippen molar-refractivity contribution < 1.29 is 13.2 Å². The molecule has 0 unspecified atom stereocenters. The number of fused-ring (bicyclic) bond motifs is 6. The lowest BCUT2D eigenvalue weighted by molar-refractivity contribution is -0.137. The average Bonchev–Trinajstić information content (AvgIpc) is 1.53. The summed E-state index contributed by atoms with van der Waals surface area (Å²) in [6, 6.07) is 99.5. The van der Waals surface area contributed by atoms with Gasteiger partial charge in [0, 0.05) is 66.1 Å². The monoisotopic (exact) mass is 1190 g/mol. The van der Waals surface area contributed by atoms with Gasteiger partial charge >= 0.3 is 6.18 Å². The maximum atomic E-state index is 17.5. The minimum absolute atomic E-state index is 0.103. The van der Waals surface area contributed by atoms with Crippen LogP contribution in [0.5, 0.6) is 0 Å². The Morgan fingerprint density at radius 2 is 0.533 bits per heavy atom. The van der Waals surface area contributed by atoms with Gasteiger partial charge < -0.3 is 9.13 Å². The summed E-state index contributed by atoms with van der Waals surface area (Å²) >= 11 is 0. The number of aromatic nitrogens is 6. The smallest absolute Gasteiger partial charge is 0.309 e. The molecule has 0 saturated carbocycles. The Balaban J connectivity index is 0.971. The quantitative estimate of drug-likeness (QED) is 0.129. The first-order valence-corrected chi connectivity index (χ1v) is 30.2. The number of pyridine rings is 4. The van der Waals surface area contributed by atoms with E-state index in [0.717, 1.165) is 67.3 Å². The molecule has 0 aliphatic heterocycles. The number of hydrogen-bond donors (Lipinski definition) is 0. The Morgan fingerprint density at radius 3 is 0.815 bits per heavy atom. The fourth-order valence-electron chi connectivity index (χ4n) is 12.9. The molecule has 0 spiro atoms. The molecule has 10 aromatic carbocycles. The number of benzene rings is 10. The Morgan fingerprint density at radius 1 is 0.261 bits per heavy atom. The van der Waals surface area contributed by atoms with Crippen LogP contribution < -0.4 is 0 Å². The number of nitrogens with zero attached hydrogens (tertiary/aromatic N) is 7. The van der Waals surface area contributed by atoms with E-state index in [2.05, 4.69) is 6.07 Å². The molecule has 10 heteroatoms. The first kappa shape index (κ1) is 55.0. The van der Waals surface area contributed by atoms with Gasteiger partial charge in [-0.1, -0.05) is 182 Å². The zero-order valence-electron chi connectivity index (χ0n) is 49.1. The topological polar surface area (TPSA) is 85.2 Å². The molecule has 0 fully saturated rings. The van der Waals surface area contributed by atoms with Gasteiger partial charge in [0.25, 0.3) is 0 Å². The van der Waals surface area contributed by atoms with Crippen LogP contribution in [0.25, 0.3) is 156 Å². The highest BCUT2D eigenvalue weighted by Crippen LogP contribution is 2.48. The van der Waals surface area contributed by atoms with Crippen molar-refractivity contribution >= 4 is 43.6 Å². The van der Waals surface area contributed by atoms with Gasteiger partial charge in [-0.2, -0.15) is 18.4 Å². The van der Waals surface area contributed by atoms with E-state index in [1.54, 1.807) is 39.5 Å². The summed E-state index contributed by atoms with van der Waals surface area (Å²) in [5.74, 6) is 0. The molecule has 0 atom stereocenters. The Hall–Kier alpha value is -12.3. The van der Waals surface area contributed by atoms with Crippen molar-refractivity contribution in [2.24, 2.45) is 0 Å². The molecular weight excluding hydrogens is 1140 g/mol. The molecule has 434 valence electrons. The molecule has 0 saturated heterocycles. The highest BCUT2D eigenvalue weighted by Gasteiger charge is 2.40. The van der Waals surface area contributed by atoms with Crippen LogP contribution in [0.1, 0.15) is 11.1 Å². The van der Waals surface area contributed by atoms with Gasteiger partial charge in [0.15, 0.2) is 0 Å². The molecule has 0 bridgehead atoms. The van der Waals surface area contributed by atoms with E-state index in [1.165, 1.54) is 0 Å². The predicted molar refractivity (Wildman–Crippen MR) is 365 cm³/mol. The van der Waals surface area contributed by atoms with Crippen LogP contribution in [0.15, 0.2) is 303 Å². The van der Waals surface area contributed by atoms with E-state index in [9.17, 15) is 5.26 Å². The van der Waals surface area contributed by atoms with Crippen LogP contribution in [0.2, 0.25) is 0 Å². The van der Waals surface area contributed by atoms with Gasteiger partial charge in [0.1, 0.15) is 5.56 Å². The molecule has 0 aliphatic rings. The van der Waals surface area contributed by atoms with Crippen molar-refractivity contribution in [3.63, 3.8) is 0 Å². The summed E-state index contributed by atoms with van der Waals surface area (Å²) in [7, 11) is 0. The molecule has 6 heterocycles. The number of rotatable bonds is 11. The number of nitriles is 1. The lowest BCUT2D eigenvalue weighted by Gasteiger charge is -2.23. The lowest BCUT2D eigenvalue weighted by atomic mass is 9.98. The van der Waals surface area contributed by atoms with Gasteiger partial charge in [0.05, 0.1) is 90.6 Å². The summed E-state index contributed by atoms with van der Waals surface area (Å²) in [6.07, 6.45) is -4.96. The Labute approximate surface area is 527 Å². The van der Waals surface area contributed by atoms with Crippen molar-refractivity contribution in [3.05, 3.63) is 314 Å². The third-order valence-electron chi connectivity index (χ3n) is 17.2. The highest BCUT2D eigenvalue weighted by atomic mass is 19.4. The van der Waals surface area contributed by atoms with Gasteiger partial charge in [0.2, 0.25) is 0 Å². The zero-order chi connectivity index (χ0) is 61.9. The normalized spacial score (nSPS) is 11.6. The fraction of sp³-hybridized carbons (Fsp3) is 0.0122. The summed E-state index contributed by atoms with van der Waals surface area (Å²) < 4.78 is 56.0. The van der Waals surface area contributed by atoms with Crippen molar-refractivity contribution in [2.75, 3.05) is 0 Å². The molecule has 0 amide bonds. The summed E-state index contributed by atoms with van der Waals surface area (Å²) in [5.41, 5.74) is 15.5. The van der Waals surface area contributed by atoms with Crippen molar-refractivity contribution in [1.82, 2.24) is 29.1 Å². The minimum atomic E-state index is -4.96. The fourth-order valence-corrected chi connectivity index (χ4v) is 12.9. The molecule has 0 N–H and O–H groups in total. The van der Waals surface area contributed by atoms with Crippen molar-refractivity contribution in [3.8, 4) is 119 Å². The first-order chi connectivity index (χ1) is 45.2.